The van der Waals surface area contributed by atoms with Gasteiger partial charge in [0, 0.05) is 30.9 Å². The van der Waals surface area contributed by atoms with Crippen LogP contribution in [0.2, 0.25) is 5.02 Å². The molecule has 0 atom stereocenters. The Morgan fingerprint density at radius 1 is 1.17 bits per heavy atom. The summed E-state index contributed by atoms with van der Waals surface area (Å²) in [5.41, 5.74) is 2.48. The third-order valence-electron chi connectivity index (χ3n) is 3.70. The predicted molar refractivity (Wildman–Crippen MR) is 92.0 cm³/mol. The van der Waals surface area contributed by atoms with Crippen LogP contribution >= 0.6 is 11.6 Å². The maximum Gasteiger partial charge on any atom is 0.278 e. The van der Waals surface area contributed by atoms with E-state index in [0.717, 1.165) is 11.3 Å². The summed E-state index contributed by atoms with van der Waals surface area (Å²) in [5.74, 6) is 0. The lowest BCUT2D eigenvalue weighted by molar-refractivity contribution is -0.383. The van der Waals surface area contributed by atoms with Crippen LogP contribution in [0.1, 0.15) is 5.56 Å². The molecule has 0 N–H and O–H groups in total. The standard InChI is InChI=1S/C17H14ClN3O2/c1-20(11-12-5-2-3-7-14(12)18)16-9-8-15(21(22)23)13-6-4-10-19-17(13)16/h2-10H,11H2,1H3. The van der Waals surface area contributed by atoms with Crippen molar-refractivity contribution in [3.8, 4) is 0 Å². The normalized spacial score (nSPS) is 10.7. The monoisotopic (exact) mass is 327 g/mol. The molecule has 3 rings (SSSR count). The first-order chi connectivity index (χ1) is 11.1. The van der Waals surface area contributed by atoms with E-state index in [-0.39, 0.29) is 10.6 Å². The SMILES string of the molecule is CN(Cc1ccccc1Cl)c1ccc([N+](=O)[O-])c2cccnc12. The number of hydrogen-bond donors (Lipinski definition) is 0. The predicted octanol–water partition coefficient (Wildman–Crippen LogP) is 4.43. The van der Waals surface area contributed by atoms with E-state index in [4.69, 9.17) is 11.6 Å². The minimum absolute atomic E-state index is 0.0583. The Morgan fingerprint density at radius 2 is 1.96 bits per heavy atom. The average Bonchev–Trinajstić information content (AvgIpc) is 2.55. The van der Waals surface area contributed by atoms with Crippen LogP contribution in [-0.4, -0.2) is 17.0 Å². The summed E-state index contributed by atoms with van der Waals surface area (Å²) in [7, 11) is 1.92. The molecule has 0 saturated carbocycles. The maximum absolute atomic E-state index is 11.2. The molecular formula is C17H14ClN3O2. The molecule has 6 heteroatoms. The van der Waals surface area contributed by atoms with E-state index in [1.807, 2.05) is 36.2 Å². The highest BCUT2D eigenvalue weighted by Gasteiger charge is 2.17. The Labute approximate surface area is 138 Å². The molecule has 0 radical (unpaired) electrons. The molecule has 116 valence electrons. The minimum atomic E-state index is -0.387. The number of rotatable bonds is 4. The fourth-order valence-electron chi connectivity index (χ4n) is 2.58. The molecule has 5 nitrogen and oxygen atoms in total. The highest BCUT2D eigenvalue weighted by molar-refractivity contribution is 6.31. The van der Waals surface area contributed by atoms with Gasteiger partial charge in [0.15, 0.2) is 0 Å². The molecule has 3 aromatic rings. The van der Waals surface area contributed by atoms with Gasteiger partial charge in [-0.25, -0.2) is 0 Å². The number of benzene rings is 2. The van der Waals surface area contributed by atoms with Crippen LogP contribution < -0.4 is 4.90 Å². The molecule has 0 aliphatic carbocycles. The van der Waals surface area contributed by atoms with Gasteiger partial charge in [-0.05, 0) is 29.8 Å². The first-order valence-electron chi connectivity index (χ1n) is 7.04. The van der Waals surface area contributed by atoms with Gasteiger partial charge in [0.2, 0.25) is 0 Å². The molecule has 23 heavy (non-hydrogen) atoms. The maximum atomic E-state index is 11.2. The smallest absolute Gasteiger partial charge is 0.278 e. The van der Waals surface area contributed by atoms with Gasteiger partial charge in [-0.1, -0.05) is 29.8 Å². The first kappa shape index (κ1) is 15.2. The lowest BCUT2D eigenvalue weighted by Crippen LogP contribution is -2.17. The van der Waals surface area contributed by atoms with E-state index in [0.29, 0.717) is 22.5 Å². The van der Waals surface area contributed by atoms with Gasteiger partial charge >= 0.3 is 0 Å². The molecule has 0 saturated heterocycles. The van der Waals surface area contributed by atoms with E-state index in [1.54, 1.807) is 24.4 Å². The Balaban J connectivity index is 2.05. The van der Waals surface area contributed by atoms with Crippen LogP contribution in [0.25, 0.3) is 10.9 Å². The third-order valence-corrected chi connectivity index (χ3v) is 4.07. The van der Waals surface area contributed by atoms with Gasteiger partial charge in [-0.2, -0.15) is 0 Å². The van der Waals surface area contributed by atoms with Crippen LogP contribution in [0.15, 0.2) is 54.7 Å². The molecular weight excluding hydrogens is 314 g/mol. The largest absolute Gasteiger partial charge is 0.368 e. The van der Waals surface area contributed by atoms with Crippen LogP contribution in [0.5, 0.6) is 0 Å². The topological polar surface area (TPSA) is 59.3 Å². The van der Waals surface area contributed by atoms with Crippen molar-refractivity contribution in [2.45, 2.75) is 6.54 Å². The van der Waals surface area contributed by atoms with Crippen molar-refractivity contribution in [1.29, 1.82) is 0 Å². The zero-order valence-electron chi connectivity index (χ0n) is 12.4. The Kier molecular flexibility index (Phi) is 4.12. The van der Waals surface area contributed by atoms with E-state index in [1.165, 1.54) is 6.07 Å². The van der Waals surface area contributed by atoms with Crippen molar-refractivity contribution in [2.75, 3.05) is 11.9 Å². The summed E-state index contributed by atoms with van der Waals surface area (Å²) in [6.45, 7) is 0.586. The average molecular weight is 328 g/mol. The lowest BCUT2D eigenvalue weighted by Gasteiger charge is -2.21. The van der Waals surface area contributed by atoms with Gasteiger partial charge in [0.1, 0.15) is 5.52 Å². The fourth-order valence-corrected chi connectivity index (χ4v) is 2.77. The second kappa shape index (κ2) is 6.22. The van der Waals surface area contributed by atoms with E-state index in [9.17, 15) is 10.1 Å². The second-order valence-corrected chi connectivity index (χ2v) is 5.62. The molecule has 0 bridgehead atoms. The number of non-ortho nitro benzene ring substituents is 1. The van der Waals surface area contributed by atoms with Crippen molar-refractivity contribution in [1.82, 2.24) is 4.98 Å². The quantitative estimate of drug-likeness (QED) is 0.525. The minimum Gasteiger partial charge on any atom is -0.368 e. The molecule has 0 unspecified atom stereocenters. The highest BCUT2D eigenvalue weighted by Crippen LogP contribution is 2.32. The summed E-state index contributed by atoms with van der Waals surface area (Å²) in [6, 6.07) is 14.3. The number of hydrogen-bond acceptors (Lipinski definition) is 4. The summed E-state index contributed by atoms with van der Waals surface area (Å²) in [5, 5.41) is 12.4. The van der Waals surface area contributed by atoms with E-state index in [2.05, 4.69) is 4.98 Å². The number of halogens is 1. The van der Waals surface area contributed by atoms with Crippen LogP contribution in [0, 0.1) is 10.1 Å². The number of anilines is 1. The van der Waals surface area contributed by atoms with Crippen LogP contribution in [-0.2, 0) is 6.54 Å². The first-order valence-corrected chi connectivity index (χ1v) is 7.42. The van der Waals surface area contributed by atoms with Gasteiger partial charge in [0.05, 0.1) is 16.0 Å². The Bertz CT molecular complexity index is 883. The van der Waals surface area contributed by atoms with Crippen molar-refractivity contribution in [2.24, 2.45) is 0 Å². The van der Waals surface area contributed by atoms with E-state index >= 15 is 0 Å². The van der Waals surface area contributed by atoms with Crippen molar-refractivity contribution in [3.05, 3.63) is 75.4 Å². The number of pyridine rings is 1. The molecule has 0 fully saturated rings. The fraction of sp³-hybridized carbons (Fsp3) is 0.118. The molecule has 0 amide bonds. The van der Waals surface area contributed by atoms with Crippen molar-refractivity contribution < 1.29 is 4.92 Å². The summed E-state index contributed by atoms with van der Waals surface area (Å²) in [6.07, 6.45) is 1.64. The second-order valence-electron chi connectivity index (χ2n) is 5.21. The third kappa shape index (κ3) is 2.96. The molecule has 2 aromatic carbocycles. The zero-order valence-corrected chi connectivity index (χ0v) is 13.2. The molecule has 1 aromatic heterocycles. The number of aromatic nitrogens is 1. The molecule has 0 spiro atoms. The number of nitro benzene ring substituents is 1. The summed E-state index contributed by atoms with van der Waals surface area (Å²) >= 11 is 6.21. The Morgan fingerprint density at radius 3 is 2.70 bits per heavy atom. The number of nitrogens with zero attached hydrogens (tertiary/aromatic N) is 3. The van der Waals surface area contributed by atoms with Crippen LogP contribution in [0.3, 0.4) is 0 Å². The molecule has 1 heterocycles. The summed E-state index contributed by atoms with van der Waals surface area (Å²) in [4.78, 5) is 17.1. The zero-order chi connectivity index (χ0) is 16.4. The van der Waals surface area contributed by atoms with E-state index < -0.39 is 0 Å². The van der Waals surface area contributed by atoms with Crippen molar-refractivity contribution in [3.63, 3.8) is 0 Å². The van der Waals surface area contributed by atoms with Crippen LogP contribution in [0.4, 0.5) is 11.4 Å². The molecule has 0 aliphatic rings. The van der Waals surface area contributed by atoms with Gasteiger partial charge in [0.25, 0.3) is 5.69 Å². The highest BCUT2D eigenvalue weighted by atomic mass is 35.5. The van der Waals surface area contributed by atoms with Gasteiger partial charge in [-0.3, -0.25) is 15.1 Å². The van der Waals surface area contributed by atoms with Gasteiger partial charge in [-0.15, -0.1) is 0 Å². The number of nitro groups is 1. The number of fused-ring (bicyclic) bond motifs is 1. The van der Waals surface area contributed by atoms with Gasteiger partial charge < -0.3 is 4.90 Å². The lowest BCUT2D eigenvalue weighted by atomic mass is 10.1. The molecule has 0 aliphatic heterocycles. The summed E-state index contributed by atoms with van der Waals surface area (Å²) < 4.78 is 0. The Hall–Kier alpha value is -2.66. The van der Waals surface area contributed by atoms with Crippen molar-refractivity contribution >= 4 is 33.9 Å².